The van der Waals surface area contributed by atoms with Crippen molar-refractivity contribution in [1.29, 1.82) is 0 Å². The first kappa shape index (κ1) is 14.1. The molecule has 1 aromatic rings. The van der Waals surface area contributed by atoms with Gasteiger partial charge in [0.15, 0.2) is 0 Å². The van der Waals surface area contributed by atoms with Gasteiger partial charge in [0.25, 0.3) is 0 Å². The van der Waals surface area contributed by atoms with Crippen LogP contribution in [-0.2, 0) is 6.42 Å². The van der Waals surface area contributed by atoms with E-state index in [1.807, 2.05) is 11.3 Å². The Bertz CT molecular complexity index is 416. The van der Waals surface area contributed by atoms with Gasteiger partial charge in [-0.2, -0.15) is 0 Å². The van der Waals surface area contributed by atoms with Gasteiger partial charge in [-0.15, -0.1) is 11.3 Å². The molecule has 1 aliphatic carbocycles. The molecule has 1 aromatic heterocycles. The van der Waals surface area contributed by atoms with Crippen LogP contribution in [0.1, 0.15) is 31.1 Å². The summed E-state index contributed by atoms with van der Waals surface area (Å²) in [5.41, 5.74) is 0. The van der Waals surface area contributed by atoms with E-state index in [1.54, 1.807) is 0 Å². The normalized spacial score (nSPS) is 28.7. The van der Waals surface area contributed by atoms with Crippen molar-refractivity contribution in [3.8, 4) is 0 Å². The fourth-order valence-corrected chi connectivity index (χ4v) is 4.59. The number of nitrogens with one attached hydrogen (secondary N) is 1. The molecule has 1 saturated heterocycles. The zero-order valence-corrected chi connectivity index (χ0v) is 14.0. The van der Waals surface area contributed by atoms with Gasteiger partial charge in [-0.1, -0.05) is 6.92 Å². The van der Waals surface area contributed by atoms with Crippen LogP contribution in [0.25, 0.3) is 0 Å². The van der Waals surface area contributed by atoms with Crippen LogP contribution >= 0.6 is 27.3 Å². The van der Waals surface area contributed by atoms with Crippen molar-refractivity contribution in [3.05, 3.63) is 20.8 Å². The molecule has 1 saturated carbocycles. The number of rotatable bonds is 5. The van der Waals surface area contributed by atoms with E-state index in [9.17, 15) is 0 Å². The predicted octanol–water partition coefficient (Wildman–Crippen LogP) is 3.52. The second-order valence-electron chi connectivity index (χ2n) is 5.86. The summed E-state index contributed by atoms with van der Waals surface area (Å²) in [4.78, 5) is 4.23. The summed E-state index contributed by atoms with van der Waals surface area (Å²) < 4.78 is 1.26. The third-order valence-electron chi connectivity index (χ3n) is 4.50. The molecule has 4 heteroatoms. The molecule has 2 atom stereocenters. The van der Waals surface area contributed by atoms with Crippen LogP contribution in [0, 0.1) is 5.92 Å². The highest BCUT2D eigenvalue weighted by molar-refractivity contribution is 9.11. The van der Waals surface area contributed by atoms with Crippen molar-refractivity contribution in [2.75, 3.05) is 19.6 Å². The molecule has 0 amide bonds. The molecule has 2 fully saturated rings. The fourth-order valence-electron chi connectivity index (χ4n) is 3.11. The Labute approximate surface area is 128 Å². The third kappa shape index (κ3) is 3.60. The Morgan fingerprint density at radius 3 is 2.89 bits per heavy atom. The molecular formula is C15H23BrN2S. The zero-order valence-electron chi connectivity index (χ0n) is 11.6. The van der Waals surface area contributed by atoms with Gasteiger partial charge in [0.05, 0.1) is 3.79 Å². The van der Waals surface area contributed by atoms with Crippen molar-refractivity contribution in [2.45, 2.75) is 44.7 Å². The van der Waals surface area contributed by atoms with Crippen LogP contribution < -0.4 is 5.32 Å². The minimum Gasteiger partial charge on any atom is -0.311 e. The molecule has 2 heterocycles. The van der Waals surface area contributed by atoms with E-state index in [2.05, 4.69) is 45.2 Å². The number of nitrogens with zero attached hydrogens (tertiary/aromatic N) is 1. The molecule has 1 aliphatic heterocycles. The minimum atomic E-state index is 0.735. The van der Waals surface area contributed by atoms with Gasteiger partial charge in [0.1, 0.15) is 0 Å². The summed E-state index contributed by atoms with van der Waals surface area (Å²) in [6, 6.07) is 5.93. The van der Waals surface area contributed by atoms with E-state index in [1.165, 1.54) is 54.0 Å². The van der Waals surface area contributed by atoms with Crippen molar-refractivity contribution in [1.82, 2.24) is 10.2 Å². The highest BCUT2D eigenvalue weighted by Gasteiger charge is 2.36. The average Bonchev–Trinajstić information content (AvgIpc) is 3.19. The lowest BCUT2D eigenvalue weighted by molar-refractivity contribution is 0.121. The molecule has 0 spiro atoms. The molecule has 1 N–H and O–H groups in total. The van der Waals surface area contributed by atoms with Crippen LogP contribution in [0.3, 0.4) is 0 Å². The lowest BCUT2D eigenvalue weighted by atomic mass is 10.0. The second kappa shape index (κ2) is 6.25. The molecule has 2 nitrogen and oxygen atoms in total. The number of halogens is 1. The third-order valence-corrected chi connectivity index (χ3v) is 6.18. The molecule has 0 bridgehead atoms. The largest absolute Gasteiger partial charge is 0.311 e. The van der Waals surface area contributed by atoms with Gasteiger partial charge in [0, 0.05) is 36.6 Å². The van der Waals surface area contributed by atoms with Gasteiger partial charge >= 0.3 is 0 Å². The van der Waals surface area contributed by atoms with E-state index in [-0.39, 0.29) is 0 Å². The molecule has 106 valence electrons. The maximum atomic E-state index is 3.77. The summed E-state index contributed by atoms with van der Waals surface area (Å²) >= 11 is 5.43. The maximum absolute atomic E-state index is 3.77. The van der Waals surface area contributed by atoms with Crippen LogP contribution in [-0.4, -0.2) is 36.6 Å². The van der Waals surface area contributed by atoms with Gasteiger partial charge in [-0.3, -0.25) is 4.90 Å². The number of hydrogen-bond acceptors (Lipinski definition) is 3. The van der Waals surface area contributed by atoms with Crippen molar-refractivity contribution < 1.29 is 0 Å². The summed E-state index contributed by atoms with van der Waals surface area (Å²) in [5, 5.41) is 3.77. The topological polar surface area (TPSA) is 15.3 Å². The molecule has 3 rings (SSSR count). The van der Waals surface area contributed by atoms with E-state index < -0.39 is 0 Å². The van der Waals surface area contributed by atoms with Gasteiger partial charge in [0.2, 0.25) is 0 Å². The standard InChI is InChI=1S/C15H23BrN2S/c1-2-12-9-17-14(11-3-4-11)10-18(12)8-7-13-5-6-15(16)19-13/h5-6,11-12,14,17H,2-4,7-10H2,1H3. The Hall–Kier alpha value is 0.1000. The highest BCUT2D eigenvalue weighted by Crippen LogP contribution is 2.34. The smallest absolute Gasteiger partial charge is 0.0701 e. The van der Waals surface area contributed by atoms with Gasteiger partial charge in [-0.25, -0.2) is 0 Å². The van der Waals surface area contributed by atoms with Crippen molar-refractivity contribution >= 4 is 27.3 Å². The molecule has 0 radical (unpaired) electrons. The van der Waals surface area contributed by atoms with Crippen LogP contribution in [0.15, 0.2) is 15.9 Å². The van der Waals surface area contributed by atoms with Crippen LogP contribution in [0.5, 0.6) is 0 Å². The lowest BCUT2D eigenvalue weighted by Gasteiger charge is -2.40. The Morgan fingerprint density at radius 2 is 2.26 bits per heavy atom. The highest BCUT2D eigenvalue weighted by atomic mass is 79.9. The first-order valence-corrected chi connectivity index (χ1v) is 9.09. The lowest BCUT2D eigenvalue weighted by Crippen LogP contribution is -2.57. The molecule has 2 unspecified atom stereocenters. The van der Waals surface area contributed by atoms with Crippen molar-refractivity contribution in [2.24, 2.45) is 5.92 Å². The Balaban J connectivity index is 1.56. The Kier molecular flexibility index (Phi) is 4.62. The molecular weight excluding hydrogens is 320 g/mol. The van der Waals surface area contributed by atoms with E-state index >= 15 is 0 Å². The maximum Gasteiger partial charge on any atom is 0.0701 e. The number of thiophene rings is 1. The first-order valence-electron chi connectivity index (χ1n) is 7.48. The number of piperazine rings is 1. The summed E-state index contributed by atoms with van der Waals surface area (Å²) in [5.74, 6) is 0.969. The zero-order chi connectivity index (χ0) is 13.2. The summed E-state index contributed by atoms with van der Waals surface area (Å²) in [7, 11) is 0. The molecule has 0 aromatic carbocycles. The van der Waals surface area contributed by atoms with Gasteiger partial charge < -0.3 is 5.32 Å². The first-order chi connectivity index (χ1) is 9.26. The summed E-state index contributed by atoms with van der Waals surface area (Å²) in [6.45, 7) is 5.98. The number of hydrogen-bond donors (Lipinski definition) is 1. The SMILES string of the molecule is CCC1CNC(C2CC2)CN1CCc1ccc(Br)s1. The predicted molar refractivity (Wildman–Crippen MR) is 85.9 cm³/mol. The second-order valence-corrected chi connectivity index (χ2v) is 8.41. The van der Waals surface area contributed by atoms with Crippen molar-refractivity contribution in [3.63, 3.8) is 0 Å². The fraction of sp³-hybridized carbons (Fsp3) is 0.733. The monoisotopic (exact) mass is 342 g/mol. The Morgan fingerprint density at radius 1 is 1.42 bits per heavy atom. The minimum absolute atomic E-state index is 0.735. The van der Waals surface area contributed by atoms with Crippen LogP contribution in [0.4, 0.5) is 0 Å². The van der Waals surface area contributed by atoms with E-state index in [4.69, 9.17) is 0 Å². The quantitative estimate of drug-likeness (QED) is 0.880. The summed E-state index contributed by atoms with van der Waals surface area (Å²) in [6.07, 6.45) is 5.35. The van der Waals surface area contributed by atoms with Crippen LogP contribution in [0.2, 0.25) is 0 Å². The van der Waals surface area contributed by atoms with E-state index in [0.29, 0.717) is 0 Å². The van der Waals surface area contributed by atoms with Gasteiger partial charge in [-0.05, 0) is 59.7 Å². The molecule has 19 heavy (non-hydrogen) atoms. The van der Waals surface area contributed by atoms with E-state index in [0.717, 1.165) is 18.0 Å². The average molecular weight is 343 g/mol. The molecule has 2 aliphatic rings.